The third-order valence-corrected chi connectivity index (χ3v) is 11.2. The van der Waals surface area contributed by atoms with Crippen LogP contribution in [0.5, 0.6) is 0 Å². The van der Waals surface area contributed by atoms with Crippen LogP contribution in [0.2, 0.25) is 0 Å². The number of nitrogens with one attached hydrogen (secondary N) is 5. The molecule has 256 valence electrons. The number of amides is 4. The van der Waals surface area contributed by atoms with Crippen LogP contribution in [0.4, 0.5) is 0 Å². The smallest absolute Gasteiger partial charge is 0.243 e. The average Bonchev–Trinajstić information content (AvgIpc) is 3.49. The minimum atomic E-state index is -0.858. The quantitative estimate of drug-likeness (QED) is 0.146. The molecule has 3 aromatic rings. The van der Waals surface area contributed by atoms with E-state index in [1.165, 1.54) is 32.1 Å². The molecule has 0 aliphatic heterocycles. The van der Waals surface area contributed by atoms with Crippen molar-refractivity contribution in [3.63, 3.8) is 0 Å². The standard InChI is InChI=1S/C37H48N6O4S/c1-48-12-11-31(42-35(45)29(38)19-27-20-39-30-10-6-5-9-28(27)30)36(46)40-21-33(44)41-32(18-22-7-3-2-4-8-22)37(47)43-34-25-14-23-13-24(16-25)17-26(34)15-23/h2-10,20,23-26,29,31-32,34,39H,11-19,21,38H2,1H3,(H,40,46)(H,41,44)(H,42,45)(H,43,47)/t23?,24?,25?,26?,29-,31+,32-,34?/m0/s1. The Morgan fingerprint density at radius 1 is 0.833 bits per heavy atom. The molecule has 4 aliphatic carbocycles. The van der Waals surface area contributed by atoms with Crippen molar-refractivity contribution >= 4 is 46.3 Å². The molecule has 4 aliphatic rings. The summed E-state index contributed by atoms with van der Waals surface area (Å²) in [4.78, 5) is 56.5. The van der Waals surface area contributed by atoms with Crippen molar-refractivity contribution in [1.29, 1.82) is 0 Å². The van der Waals surface area contributed by atoms with E-state index in [9.17, 15) is 19.2 Å². The highest BCUT2D eigenvalue weighted by molar-refractivity contribution is 7.98. The number of benzene rings is 2. The third kappa shape index (κ3) is 8.23. The van der Waals surface area contributed by atoms with Gasteiger partial charge in [-0.2, -0.15) is 11.8 Å². The van der Waals surface area contributed by atoms with Gasteiger partial charge in [0.2, 0.25) is 23.6 Å². The molecule has 2 aromatic carbocycles. The summed E-state index contributed by atoms with van der Waals surface area (Å²) in [5.41, 5.74) is 9.11. The van der Waals surface area contributed by atoms with Crippen molar-refractivity contribution in [3.05, 3.63) is 71.9 Å². The van der Waals surface area contributed by atoms with E-state index in [1.54, 1.807) is 11.8 Å². The summed E-state index contributed by atoms with van der Waals surface area (Å²) in [7, 11) is 0. The number of nitrogens with two attached hydrogens (primary N) is 1. The lowest BCUT2D eigenvalue weighted by Crippen LogP contribution is -2.60. The maximum absolute atomic E-state index is 13.7. The minimum absolute atomic E-state index is 0.156. The topological polar surface area (TPSA) is 158 Å². The van der Waals surface area contributed by atoms with Crippen LogP contribution < -0.4 is 27.0 Å². The maximum atomic E-state index is 13.7. The number of H-pyrrole nitrogens is 1. The molecule has 0 radical (unpaired) electrons. The second-order valence-electron chi connectivity index (χ2n) is 14.0. The number of hydrogen-bond donors (Lipinski definition) is 6. The van der Waals surface area contributed by atoms with Gasteiger partial charge in [-0.15, -0.1) is 0 Å². The highest BCUT2D eigenvalue weighted by atomic mass is 32.2. The molecule has 11 heteroatoms. The van der Waals surface area contributed by atoms with Crippen molar-refractivity contribution < 1.29 is 19.2 Å². The molecule has 4 saturated carbocycles. The van der Waals surface area contributed by atoms with E-state index in [0.29, 0.717) is 36.9 Å². The minimum Gasteiger partial charge on any atom is -0.361 e. The summed E-state index contributed by atoms with van der Waals surface area (Å²) in [5, 5.41) is 12.7. The first-order valence-electron chi connectivity index (χ1n) is 17.3. The van der Waals surface area contributed by atoms with Gasteiger partial charge in [-0.25, -0.2) is 0 Å². The van der Waals surface area contributed by atoms with E-state index < -0.39 is 35.8 Å². The average molecular weight is 673 g/mol. The molecule has 7 N–H and O–H groups in total. The zero-order valence-corrected chi connectivity index (χ0v) is 28.4. The zero-order valence-electron chi connectivity index (χ0n) is 27.6. The number of aromatic nitrogens is 1. The van der Waals surface area contributed by atoms with Crippen molar-refractivity contribution in [1.82, 2.24) is 26.3 Å². The SMILES string of the molecule is CSCC[C@@H](NC(=O)[C@@H](N)Cc1c[nH]c2ccccc12)C(=O)NCC(=O)N[C@@H](Cc1ccccc1)C(=O)NC1C2CC3CC(C2)CC1C3. The molecule has 0 unspecified atom stereocenters. The summed E-state index contributed by atoms with van der Waals surface area (Å²) >= 11 is 1.56. The van der Waals surface area contributed by atoms with E-state index in [2.05, 4.69) is 26.3 Å². The van der Waals surface area contributed by atoms with Gasteiger partial charge in [0.1, 0.15) is 12.1 Å². The number of para-hydroxylation sites is 1. The molecular weight excluding hydrogens is 625 g/mol. The second-order valence-corrected chi connectivity index (χ2v) is 15.0. The summed E-state index contributed by atoms with van der Waals surface area (Å²) < 4.78 is 0. The lowest BCUT2D eigenvalue weighted by molar-refractivity contribution is -0.132. The largest absolute Gasteiger partial charge is 0.361 e. The summed E-state index contributed by atoms with van der Waals surface area (Å²) in [6.45, 7) is -0.317. The second kappa shape index (κ2) is 15.6. The fraction of sp³-hybridized carbons (Fsp3) is 0.514. The Kier molecular flexibility index (Phi) is 11.1. The molecule has 10 nitrogen and oxygen atoms in total. The number of carbonyl (C=O) groups excluding carboxylic acids is 4. The van der Waals surface area contributed by atoms with Gasteiger partial charge in [-0.3, -0.25) is 19.2 Å². The first-order chi connectivity index (χ1) is 23.3. The molecule has 0 spiro atoms. The van der Waals surface area contributed by atoms with Crippen LogP contribution in [0.25, 0.3) is 10.9 Å². The van der Waals surface area contributed by atoms with Crippen LogP contribution in [-0.4, -0.2) is 71.3 Å². The van der Waals surface area contributed by atoms with E-state index in [4.69, 9.17) is 5.73 Å². The van der Waals surface area contributed by atoms with Gasteiger partial charge in [0.15, 0.2) is 0 Å². The molecule has 1 heterocycles. The normalized spacial score (nSPS) is 24.4. The first kappa shape index (κ1) is 34.0. The zero-order chi connectivity index (χ0) is 33.6. The lowest BCUT2D eigenvalue weighted by Gasteiger charge is -2.54. The van der Waals surface area contributed by atoms with Gasteiger partial charge in [0.05, 0.1) is 12.6 Å². The molecule has 4 fully saturated rings. The van der Waals surface area contributed by atoms with E-state index in [1.807, 2.05) is 67.0 Å². The van der Waals surface area contributed by atoms with Crippen molar-refractivity contribution in [2.75, 3.05) is 18.6 Å². The Morgan fingerprint density at radius 2 is 1.52 bits per heavy atom. The number of hydrogen-bond acceptors (Lipinski definition) is 6. The summed E-state index contributed by atoms with van der Waals surface area (Å²) in [6, 6.07) is 15.1. The van der Waals surface area contributed by atoms with Gasteiger partial charge in [-0.1, -0.05) is 48.5 Å². The van der Waals surface area contributed by atoms with Crippen molar-refractivity contribution in [2.24, 2.45) is 29.4 Å². The van der Waals surface area contributed by atoms with Crippen LogP contribution in [0.15, 0.2) is 60.8 Å². The van der Waals surface area contributed by atoms with E-state index >= 15 is 0 Å². The van der Waals surface area contributed by atoms with Crippen molar-refractivity contribution in [2.45, 2.75) is 75.5 Å². The number of carbonyl (C=O) groups is 4. The molecule has 7 rings (SSSR count). The molecule has 48 heavy (non-hydrogen) atoms. The Balaban J connectivity index is 1.04. The molecule has 4 bridgehead atoms. The van der Waals surface area contributed by atoms with Gasteiger partial charge < -0.3 is 32.0 Å². The number of thioether (sulfide) groups is 1. The van der Waals surface area contributed by atoms with Crippen LogP contribution >= 0.6 is 11.8 Å². The van der Waals surface area contributed by atoms with Gasteiger partial charge in [-0.05, 0) is 97.8 Å². The van der Waals surface area contributed by atoms with Crippen LogP contribution in [-0.2, 0) is 32.0 Å². The predicted molar refractivity (Wildman–Crippen MR) is 189 cm³/mol. The fourth-order valence-corrected chi connectivity index (χ4v) is 8.91. The first-order valence-corrected chi connectivity index (χ1v) is 18.7. The highest BCUT2D eigenvalue weighted by Gasteiger charge is 2.49. The fourth-order valence-electron chi connectivity index (χ4n) is 8.43. The highest BCUT2D eigenvalue weighted by Crippen LogP contribution is 2.53. The van der Waals surface area contributed by atoms with Crippen LogP contribution in [0, 0.1) is 23.7 Å². The molecule has 0 saturated heterocycles. The Hall–Kier alpha value is -3.83. The van der Waals surface area contributed by atoms with Crippen molar-refractivity contribution in [3.8, 4) is 0 Å². The van der Waals surface area contributed by atoms with Crippen LogP contribution in [0.1, 0.15) is 49.7 Å². The molecule has 4 amide bonds. The van der Waals surface area contributed by atoms with Gasteiger partial charge >= 0.3 is 0 Å². The van der Waals surface area contributed by atoms with Gasteiger partial charge in [0.25, 0.3) is 0 Å². The molecular formula is C37H48N6O4S. The Morgan fingerprint density at radius 3 is 2.23 bits per heavy atom. The van der Waals surface area contributed by atoms with Crippen LogP contribution in [0.3, 0.4) is 0 Å². The summed E-state index contributed by atoms with van der Waals surface area (Å²) in [5.74, 6) is 1.71. The van der Waals surface area contributed by atoms with Gasteiger partial charge in [0, 0.05) is 29.6 Å². The number of fused-ring (bicyclic) bond motifs is 1. The van der Waals surface area contributed by atoms with E-state index in [0.717, 1.165) is 33.9 Å². The summed E-state index contributed by atoms with van der Waals surface area (Å²) in [6.07, 6.45) is 10.9. The predicted octanol–water partition coefficient (Wildman–Crippen LogP) is 3.06. The van der Waals surface area contributed by atoms with E-state index in [-0.39, 0.29) is 18.5 Å². The number of rotatable bonds is 15. The Bertz CT molecular complexity index is 1570. The molecule has 1 aromatic heterocycles. The Labute approximate surface area is 286 Å². The lowest BCUT2D eigenvalue weighted by atomic mass is 9.54. The molecule has 3 atom stereocenters. The number of aromatic amines is 1. The third-order valence-electron chi connectivity index (χ3n) is 10.6. The monoisotopic (exact) mass is 672 g/mol. The maximum Gasteiger partial charge on any atom is 0.243 e.